The minimum absolute atomic E-state index is 0.0819. The normalized spacial score (nSPS) is 11.5. The van der Waals surface area contributed by atoms with Gasteiger partial charge in [-0.1, -0.05) is 27.5 Å². The molecule has 0 bridgehead atoms. The highest BCUT2D eigenvalue weighted by atomic mass is 79.9. The molecule has 0 fully saturated rings. The molecule has 2 rings (SSSR count). The molecular formula is C16H16BrClFNO2. The molecule has 1 heterocycles. The molecule has 2 aromatic rings. The molecule has 0 spiro atoms. The van der Waals surface area contributed by atoms with Gasteiger partial charge in [0, 0.05) is 9.35 Å². The van der Waals surface area contributed by atoms with E-state index in [1.807, 2.05) is 13.8 Å². The van der Waals surface area contributed by atoms with E-state index in [1.54, 1.807) is 30.3 Å². The van der Waals surface area contributed by atoms with Crippen molar-refractivity contribution < 1.29 is 13.9 Å². The van der Waals surface area contributed by atoms with Gasteiger partial charge >= 0.3 is 0 Å². The SMILES string of the molecule is CC(C)(Br)COCc1ccc(F)c(Oc2ccc(Cl)cc2)n1. The number of halogens is 3. The van der Waals surface area contributed by atoms with Crippen molar-refractivity contribution in [2.75, 3.05) is 6.61 Å². The molecule has 0 saturated heterocycles. The van der Waals surface area contributed by atoms with Gasteiger partial charge in [0.25, 0.3) is 5.88 Å². The van der Waals surface area contributed by atoms with Crippen LogP contribution in [0.2, 0.25) is 5.02 Å². The first-order valence-electron chi connectivity index (χ1n) is 6.69. The van der Waals surface area contributed by atoms with E-state index in [-0.39, 0.29) is 16.8 Å². The maximum absolute atomic E-state index is 13.8. The molecule has 0 aliphatic carbocycles. The van der Waals surface area contributed by atoms with Crippen molar-refractivity contribution in [1.29, 1.82) is 0 Å². The van der Waals surface area contributed by atoms with E-state index in [2.05, 4.69) is 20.9 Å². The largest absolute Gasteiger partial charge is 0.436 e. The summed E-state index contributed by atoms with van der Waals surface area (Å²) in [6, 6.07) is 9.53. The fourth-order valence-electron chi connectivity index (χ4n) is 1.63. The second-order valence-corrected chi connectivity index (χ2v) is 7.94. The van der Waals surface area contributed by atoms with Gasteiger partial charge in [0.05, 0.1) is 18.9 Å². The lowest BCUT2D eigenvalue weighted by atomic mass is 10.2. The first-order valence-corrected chi connectivity index (χ1v) is 7.86. The summed E-state index contributed by atoms with van der Waals surface area (Å²) < 4.78 is 24.7. The van der Waals surface area contributed by atoms with Crippen LogP contribution in [0.5, 0.6) is 11.6 Å². The van der Waals surface area contributed by atoms with Gasteiger partial charge < -0.3 is 9.47 Å². The van der Waals surface area contributed by atoms with Crippen molar-refractivity contribution in [3.05, 3.63) is 52.9 Å². The molecule has 1 aromatic heterocycles. The summed E-state index contributed by atoms with van der Waals surface area (Å²) in [5.41, 5.74) is 0.599. The molecule has 22 heavy (non-hydrogen) atoms. The lowest BCUT2D eigenvalue weighted by molar-refractivity contribution is 0.105. The van der Waals surface area contributed by atoms with Crippen LogP contribution in [0.25, 0.3) is 0 Å². The summed E-state index contributed by atoms with van der Waals surface area (Å²) >= 11 is 9.29. The van der Waals surface area contributed by atoms with Crippen molar-refractivity contribution >= 4 is 27.5 Å². The number of alkyl halides is 1. The molecule has 118 valence electrons. The second kappa shape index (κ2) is 7.40. The van der Waals surface area contributed by atoms with Crippen LogP contribution in [0.1, 0.15) is 19.5 Å². The molecule has 0 N–H and O–H groups in total. The Hall–Kier alpha value is -1.17. The summed E-state index contributed by atoms with van der Waals surface area (Å²) in [5.74, 6) is -0.142. The van der Waals surface area contributed by atoms with Gasteiger partial charge in [0.2, 0.25) is 0 Å². The Bertz CT molecular complexity index is 629. The highest BCUT2D eigenvalue weighted by molar-refractivity contribution is 9.10. The maximum atomic E-state index is 13.8. The third kappa shape index (κ3) is 5.55. The third-order valence-electron chi connectivity index (χ3n) is 2.59. The van der Waals surface area contributed by atoms with Crippen LogP contribution >= 0.6 is 27.5 Å². The van der Waals surface area contributed by atoms with Crippen LogP contribution in [0, 0.1) is 5.82 Å². The van der Waals surface area contributed by atoms with Crippen LogP contribution in [0.15, 0.2) is 36.4 Å². The second-order valence-electron chi connectivity index (χ2n) is 5.36. The number of nitrogens with zero attached hydrogens (tertiary/aromatic N) is 1. The molecule has 0 radical (unpaired) electrons. The zero-order chi connectivity index (χ0) is 16.2. The van der Waals surface area contributed by atoms with Crippen LogP contribution in [0.3, 0.4) is 0 Å². The van der Waals surface area contributed by atoms with Crippen LogP contribution in [0.4, 0.5) is 4.39 Å². The zero-order valence-corrected chi connectivity index (χ0v) is 14.6. The first kappa shape index (κ1) is 17.2. The summed E-state index contributed by atoms with van der Waals surface area (Å²) in [4.78, 5) is 4.14. The van der Waals surface area contributed by atoms with Gasteiger partial charge in [0.1, 0.15) is 5.75 Å². The third-order valence-corrected chi connectivity index (χ3v) is 3.08. The summed E-state index contributed by atoms with van der Waals surface area (Å²) in [5, 5.41) is 0.584. The molecule has 0 amide bonds. The number of hydrogen-bond donors (Lipinski definition) is 0. The fraction of sp³-hybridized carbons (Fsp3) is 0.312. The Morgan fingerprint density at radius 3 is 2.50 bits per heavy atom. The highest BCUT2D eigenvalue weighted by Crippen LogP contribution is 2.24. The molecule has 1 aromatic carbocycles. The number of hydrogen-bond acceptors (Lipinski definition) is 3. The van der Waals surface area contributed by atoms with Crippen molar-refractivity contribution in [2.24, 2.45) is 0 Å². The van der Waals surface area contributed by atoms with E-state index in [0.717, 1.165) is 0 Å². The van der Waals surface area contributed by atoms with Gasteiger partial charge in [-0.3, -0.25) is 0 Å². The lowest BCUT2D eigenvalue weighted by Crippen LogP contribution is -2.18. The molecule has 0 aliphatic heterocycles. The smallest absolute Gasteiger partial charge is 0.256 e. The minimum atomic E-state index is -0.528. The van der Waals surface area contributed by atoms with E-state index in [1.165, 1.54) is 6.07 Å². The first-order chi connectivity index (χ1) is 10.3. The Morgan fingerprint density at radius 2 is 1.86 bits per heavy atom. The molecule has 0 atom stereocenters. The van der Waals surface area contributed by atoms with Crippen molar-refractivity contribution in [1.82, 2.24) is 4.98 Å². The number of rotatable bonds is 6. The molecule has 6 heteroatoms. The zero-order valence-electron chi connectivity index (χ0n) is 12.3. The van der Waals surface area contributed by atoms with Crippen LogP contribution < -0.4 is 4.74 Å². The van der Waals surface area contributed by atoms with Crippen molar-refractivity contribution in [3.8, 4) is 11.6 Å². The van der Waals surface area contributed by atoms with Crippen molar-refractivity contribution in [2.45, 2.75) is 24.8 Å². The summed E-state index contributed by atoms with van der Waals surface area (Å²) in [7, 11) is 0. The van der Waals surface area contributed by atoms with Gasteiger partial charge in [-0.25, -0.2) is 9.37 Å². The minimum Gasteiger partial charge on any atom is -0.436 e. The van der Waals surface area contributed by atoms with Gasteiger partial charge in [0.15, 0.2) is 5.82 Å². The Balaban J connectivity index is 2.05. The molecule has 0 unspecified atom stereocenters. The predicted octanol–water partition coefficient (Wildman–Crippen LogP) is 5.36. The number of pyridine rings is 1. The standard InChI is InChI=1S/C16H16BrClFNO2/c1-16(2,17)10-21-9-12-5-8-14(19)15(20-12)22-13-6-3-11(18)4-7-13/h3-8H,9-10H2,1-2H3. The summed E-state index contributed by atoms with van der Waals surface area (Å²) in [6.45, 7) is 4.80. The molecular weight excluding hydrogens is 373 g/mol. The number of ether oxygens (including phenoxy) is 2. The van der Waals surface area contributed by atoms with Crippen molar-refractivity contribution in [3.63, 3.8) is 0 Å². The average Bonchev–Trinajstić information content (AvgIpc) is 2.43. The average molecular weight is 389 g/mol. The van der Waals surface area contributed by atoms with Gasteiger partial charge in [-0.05, 0) is 50.2 Å². The summed E-state index contributed by atoms with van der Waals surface area (Å²) in [6.07, 6.45) is 0. The maximum Gasteiger partial charge on any atom is 0.256 e. The fourth-order valence-corrected chi connectivity index (χ4v) is 1.91. The van der Waals surface area contributed by atoms with Gasteiger partial charge in [-0.2, -0.15) is 0 Å². The highest BCUT2D eigenvalue weighted by Gasteiger charge is 2.13. The monoisotopic (exact) mass is 387 g/mol. The van der Waals surface area contributed by atoms with E-state index >= 15 is 0 Å². The number of benzene rings is 1. The van der Waals surface area contributed by atoms with Crippen LogP contribution in [-0.4, -0.2) is 15.9 Å². The van der Waals surface area contributed by atoms with E-state index in [0.29, 0.717) is 23.1 Å². The Labute approximate surface area is 142 Å². The Kier molecular flexibility index (Phi) is 5.78. The molecule has 3 nitrogen and oxygen atoms in total. The Morgan fingerprint density at radius 1 is 1.18 bits per heavy atom. The van der Waals surface area contributed by atoms with Crippen LogP contribution in [-0.2, 0) is 11.3 Å². The molecule has 0 saturated carbocycles. The van der Waals surface area contributed by atoms with E-state index in [4.69, 9.17) is 21.1 Å². The quantitative estimate of drug-likeness (QED) is 0.625. The lowest BCUT2D eigenvalue weighted by Gasteiger charge is -2.16. The van der Waals surface area contributed by atoms with Gasteiger partial charge in [-0.15, -0.1) is 0 Å². The van der Waals surface area contributed by atoms with E-state index in [9.17, 15) is 4.39 Å². The number of aromatic nitrogens is 1. The predicted molar refractivity (Wildman–Crippen MR) is 88.4 cm³/mol. The molecule has 0 aliphatic rings. The van der Waals surface area contributed by atoms with E-state index < -0.39 is 5.82 Å². The topological polar surface area (TPSA) is 31.4 Å².